The monoisotopic (exact) mass is 710 g/mol. The lowest BCUT2D eigenvalue weighted by Crippen LogP contribution is -2.57. The van der Waals surface area contributed by atoms with Crippen LogP contribution < -0.4 is 25.9 Å². The minimum absolute atomic E-state index is 0.0200. The van der Waals surface area contributed by atoms with Crippen molar-refractivity contribution in [2.45, 2.75) is 45.4 Å². The third-order valence-electron chi connectivity index (χ3n) is 13.0. The number of fused-ring (bicyclic) bond motifs is 14. The molecule has 5 heteroatoms. The Balaban J connectivity index is 1.23. The molecule has 0 N–H and O–H groups in total. The van der Waals surface area contributed by atoms with Gasteiger partial charge >= 0.3 is 0 Å². The largest absolute Gasteiger partial charge is 0.458 e. The molecule has 0 saturated heterocycles. The fraction of sp³-hybridized carbons (Fsp3) is 0.160. The minimum Gasteiger partial charge on any atom is -0.458 e. The van der Waals surface area contributed by atoms with Gasteiger partial charge in [-0.05, 0) is 86.6 Å². The van der Waals surface area contributed by atoms with E-state index >= 15 is 0 Å². The second-order valence-electron chi connectivity index (χ2n) is 17.4. The number of aromatic nitrogens is 2. The zero-order chi connectivity index (χ0) is 37.1. The van der Waals surface area contributed by atoms with Crippen LogP contribution in [0.5, 0.6) is 23.0 Å². The molecule has 0 unspecified atom stereocenters. The third-order valence-corrected chi connectivity index (χ3v) is 13.0. The Morgan fingerprint density at radius 1 is 0.564 bits per heavy atom. The molecule has 0 amide bonds. The molecule has 55 heavy (non-hydrogen) atoms. The average molecular weight is 711 g/mol. The number of aryl methyl sites for hydroxylation is 1. The van der Waals surface area contributed by atoms with Crippen molar-refractivity contribution < 1.29 is 9.47 Å². The van der Waals surface area contributed by atoms with E-state index in [1.165, 1.54) is 82.4 Å². The van der Waals surface area contributed by atoms with Gasteiger partial charge in [-0.1, -0.05) is 113 Å². The van der Waals surface area contributed by atoms with Crippen LogP contribution >= 0.6 is 0 Å². The first-order chi connectivity index (χ1) is 26.6. The van der Waals surface area contributed by atoms with E-state index in [9.17, 15) is 0 Å². The van der Waals surface area contributed by atoms with Crippen LogP contribution in [0.2, 0.25) is 0 Å². The highest BCUT2D eigenvalue weighted by Crippen LogP contribution is 2.51. The first-order valence-electron chi connectivity index (χ1n) is 19.4. The van der Waals surface area contributed by atoms with Crippen LogP contribution in [0.4, 0.5) is 0 Å². The van der Waals surface area contributed by atoms with Gasteiger partial charge in [0.25, 0.3) is 6.71 Å². The summed E-state index contributed by atoms with van der Waals surface area (Å²) in [5, 5.41) is 4.97. The van der Waals surface area contributed by atoms with Crippen LogP contribution in [0.25, 0.3) is 60.4 Å². The molecule has 0 radical (unpaired) electrons. The van der Waals surface area contributed by atoms with Gasteiger partial charge in [0, 0.05) is 51.1 Å². The Morgan fingerprint density at radius 3 is 2.07 bits per heavy atom. The topological polar surface area (TPSA) is 28.3 Å². The molecule has 3 aliphatic rings. The molecule has 4 nitrogen and oxygen atoms in total. The number of hydrogen-bond acceptors (Lipinski definition) is 2. The quantitative estimate of drug-likeness (QED) is 0.159. The fourth-order valence-corrected chi connectivity index (χ4v) is 10.3. The molecule has 0 spiro atoms. The molecule has 12 rings (SSSR count). The number of benzene rings is 7. The third kappa shape index (κ3) is 3.93. The van der Waals surface area contributed by atoms with E-state index < -0.39 is 0 Å². The van der Waals surface area contributed by atoms with Crippen molar-refractivity contribution in [3.05, 3.63) is 144 Å². The molecule has 2 aliphatic heterocycles. The van der Waals surface area contributed by atoms with Crippen molar-refractivity contribution in [1.29, 1.82) is 0 Å². The molecule has 0 atom stereocenters. The van der Waals surface area contributed by atoms with Crippen molar-refractivity contribution in [2.75, 3.05) is 0 Å². The Hall–Kier alpha value is -6.20. The van der Waals surface area contributed by atoms with Crippen molar-refractivity contribution in [1.82, 2.24) is 9.13 Å². The lowest BCUT2D eigenvalue weighted by Gasteiger charge is -2.34. The van der Waals surface area contributed by atoms with Gasteiger partial charge in [0.15, 0.2) is 0 Å². The summed E-state index contributed by atoms with van der Waals surface area (Å²) in [7, 11) is 2.23. The smallest absolute Gasteiger partial charge is 0.261 e. The number of hydrogen-bond donors (Lipinski definition) is 0. The molecule has 4 heterocycles. The molecule has 7 aromatic carbocycles. The van der Waals surface area contributed by atoms with Crippen LogP contribution in [0.15, 0.2) is 127 Å². The molecule has 0 bridgehead atoms. The van der Waals surface area contributed by atoms with Crippen LogP contribution in [0, 0.1) is 0 Å². The van der Waals surface area contributed by atoms with Gasteiger partial charge in [-0.15, -0.1) is 0 Å². The Bertz CT molecular complexity index is 3190. The highest BCUT2D eigenvalue weighted by molar-refractivity contribution is 6.99. The fourth-order valence-electron chi connectivity index (χ4n) is 10.3. The first kappa shape index (κ1) is 31.2. The second kappa shape index (κ2) is 10.3. The van der Waals surface area contributed by atoms with Crippen LogP contribution in [-0.2, 0) is 17.9 Å². The van der Waals surface area contributed by atoms with E-state index in [2.05, 4.69) is 178 Å². The van der Waals surface area contributed by atoms with Gasteiger partial charge in [0.1, 0.15) is 23.0 Å². The maximum atomic E-state index is 7.11. The van der Waals surface area contributed by atoms with E-state index in [-0.39, 0.29) is 17.5 Å². The van der Waals surface area contributed by atoms with Gasteiger partial charge < -0.3 is 18.6 Å². The summed E-state index contributed by atoms with van der Waals surface area (Å²) in [6, 6.07) is 47.0. The van der Waals surface area contributed by atoms with Gasteiger partial charge in [-0.25, -0.2) is 0 Å². The molecule has 1 aliphatic carbocycles. The molecule has 0 fully saturated rings. The van der Waals surface area contributed by atoms with Crippen LogP contribution in [0.3, 0.4) is 0 Å². The normalized spacial score (nSPS) is 14.8. The van der Waals surface area contributed by atoms with Crippen LogP contribution in [0.1, 0.15) is 51.3 Å². The maximum Gasteiger partial charge on any atom is 0.261 e. The summed E-state index contributed by atoms with van der Waals surface area (Å²) in [5.41, 5.74) is 15.9. The van der Waals surface area contributed by atoms with E-state index in [1.54, 1.807) is 0 Å². The van der Waals surface area contributed by atoms with Gasteiger partial charge in [0.05, 0.1) is 22.2 Å². The lowest BCUT2D eigenvalue weighted by molar-refractivity contribution is 0.464. The molecular weight excluding hydrogens is 671 g/mol. The number of nitrogens with zero attached hydrogens (tertiary/aromatic N) is 2. The molecule has 264 valence electrons. The number of ether oxygens (including phenoxy) is 2. The highest BCUT2D eigenvalue weighted by atomic mass is 16.5. The van der Waals surface area contributed by atoms with Crippen molar-refractivity contribution in [3.63, 3.8) is 0 Å². The lowest BCUT2D eigenvalue weighted by atomic mass is 9.34. The van der Waals surface area contributed by atoms with Gasteiger partial charge in [-0.2, -0.15) is 0 Å². The standard InChI is InChI=1S/C50H39BN2O2/c1-49(2,3)28-22-23-41-36(24-28)51-46-42(54-41)20-13-21-43(46)55-44-27-40(48-45(47(44)51)31-16-9-11-18-37(31)52(48)6)53-38-19-12-8-15-30(38)33-25-35-32(26-39(33)53)29-14-7-10-17-34(29)50(35,4)5/h7-27H,1-6H3. The van der Waals surface area contributed by atoms with E-state index in [1.807, 2.05) is 0 Å². The molecule has 9 aromatic rings. The summed E-state index contributed by atoms with van der Waals surface area (Å²) in [6.07, 6.45) is 0. The summed E-state index contributed by atoms with van der Waals surface area (Å²) in [4.78, 5) is 0. The van der Waals surface area contributed by atoms with E-state index in [0.717, 1.165) is 34.1 Å². The molecule has 0 saturated carbocycles. The van der Waals surface area contributed by atoms with Gasteiger partial charge in [0.2, 0.25) is 0 Å². The maximum absolute atomic E-state index is 7.11. The average Bonchev–Trinajstić information content (AvgIpc) is 3.75. The highest BCUT2D eigenvalue weighted by Gasteiger charge is 2.43. The number of para-hydroxylation sites is 2. The summed E-state index contributed by atoms with van der Waals surface area (Å²) < 4.78 is 18.7. The Kier molecular flexibility index (Phi) is 5.84. The SMILES string of the molecule is Cn1c2ccccc2c2c3c(cc(-n4c5ccccc5c5cc6c(cc54)-c4ccccc4C6(C)C)c21)Oc1cccc2c1B3c1cc(C(C)(C)C)ccc1O2. The van der Waals surface area contributed by atoms with Crippen molar-refractivity contribution in [3.8, 4) is 39.8 Å². The van der Waals surface area contributed by atoms with Gasteiger partial charge in [-0.3, -0.25) is 0 Å². The Labute approximate surface area is 320 Å². The summed E-state index contributed by atoms with van der Waals surface area (Å²) in [6.45, 7) is 11.5. The predicted molar refractivity (Wildman–Crippen MR) is 229 cm³/mol. The Morgan fingerprint density at radius 2 is 1.27 bits per heavy atom. The van der Waals surface area contributed by atoms with Crippen molar-refractivity contribution >= 4 is 66.7 Å². The predicted octanol–water partition coefficient (Wildman–Crippen LogP) is 10.8. The second-order valence-corrected chi connectivity index (χ2v) is 17.4. The van der Waals surface area contributed by atoms with E-state index in [4.69, 9.17) is 9.47 Å². The molecular formula is C50H39BN2O2. The van der Waals surface area contributed by atoms with Crippen LogP contribution in [-0.4, -0.2) is 15.8 Å². The summed E-state index contributed by atoms with van der Waals surface area (Å²) >= 11 is 0. The van der Waals surface area contributed by atoms with E-state index in [0.29, 0.717) is 0 Å². The first-order valence-corrected chi connectivity index (χ1v) is 19.4. The zero-order valence-corrected chi connectivity index (χ0v) is 31.9. The number of rotatable bonds is 1. The summed E-state index contributed by atoms with van der Waals surface area (Å²) in [5.74, 6) is 3.51. The zero-order valence-electron chi connectivity index (χ0n) is 31.9. The molecule has 2 aromatic heterocycles. The van der Waals surface area contributed by atoms with Crippen molar-refractivity contribution in [2.24, 2.45) is 7.05 Å². The minimum atomic E-state index is -0.0921.